The van der Waals surface area contributed by atoms with Crippen molar-refractivity contribution >= 4 is 17.2 Å². The molecule has 0 saturated heterocycles. The molecule has 2 rings (SSSR count). The summed E-state index contributed by atoms with van der Waals surface area (Å²) in [5, 5.41) is 11.7. The Morgan fingerprint density at radius 3 is 2.75 bits per heavy atom. The smallest absolute Gasteiger partial charge is 0.284 e. The molecular weight excluding hydrogens is 281 g/mol. The largest absolute Gasteiger partial charge is 0.386 e. The molecule has 7 heteroatoms. The number of rotatable bonds is 3. The molecule has 5 nitrogen and oxygen atoms in total. The maximum Gasteiger partial charge on any atom is 0.284 e. The van der Waals surface area contributed by atoms with Crippen molar-refractivity contribution in [2.45, 2.75) is 19.4 Å². The number of thiazole rings is 1. The molecule has 0 bridgehead atoms. The number of carbonyl (C=O) groups excluding carboxylic acids is 1. The Hall–Kier alpha value is -1.83. The Morgan fingerprint density at radius 1 is 1.50 bits per heavy atom. The number of nitrogens with zero attached hydrogens (tertiary/aromatic N) is 1. The Kier molecular flexibility index (Phi) is 3.85. The summed E-state index contributed by atoms with van der Waals surface area (Å²) in [5.74, 6) is 3.98. The average Bonchev–Trinajstić information content (AvgIpc) is 2.86. The van der Waals surface area contributed by atoms with Crippen molar-refractivity contribution in [2.24, 2.45) is 5.84 Å². The van der Waals surface area contributed by atoms with Crippen LogP contribution in [0.15, 0.2) is 23.6 Å². The predicted octanol–water partition coefficient (Wildman–Crippen LogP) is 1.78. The Morgan fingerprint density at radius 2 is 2.20 bits per heavy atom. The van der Waals surface area contributed by atoms with E-state index in [0.717, 1.165) is 11.3 Å². The van der Waals surface area contributed by atoms with Crippen LogP contribution in [-0.4, -0.2) is 16.0 Å². The number of aromatic nitrogens is 1. The van der Waals surface area contributed by atoms with Crippen LogP contribution in [0.2, 0.25) is 0 Å². The van der Waals surface area contributed by atoms with Crippen LogP contribution in [-0.2, 0) is 5.60 Å². The second-order valence-electron chi connectivity index (χ2n) is 4.77. The Labute approximate surface area is 119 Å². The first-order chi connectivity index (χ1) is 9.32. The molecule has 0 aliphatic rings. The highest BCUT2D eigenvalue weighted by Gasteiger charge is 2.19. The summed E-state index contributed by atoms with van der Waals surface area (Å²) in [7, 11) is 0. The van der Waals surface area contributed by atoms with Crippen molar-refractivity contribution in [3.05, 3.63) is 40.7 Å². The molecule has 106 valence electrons. The summed E-state index contributed by atoms with van der Waals surface area (Å²) in [5.41, 5.74) is 1.73. The van der Waals surface area contributed by atoms with Gasteiger partial charge in [-0.1, -0.05) is 6.07 Å². The summed E-state index contributed by atoms with van der Waals surface area (Å²) < 4.78 is 14.1. The molecule has 20 heavy (non-hydrogen) atoms. The zero-order valence-electron chi connectivity index (χ0n) is 11.0. The number of hydrogen-bond donors (Lipinski definition) is 3. The molecule has 1 amide bonds. The van der Waals surface area contributed by atoms with Gasteiger partial charge in [0.2, 0.25) is 0 Å². The molecule has 0 radical (unpaired) electrons. The van der Waals surface area contributed by atoms with Gasteiger partial charge in [0.15, 0.2) is 0 Å². The fraction of sp³-hybridized carbons (Fsp3) is 0.231. The quantitative estimate of drug-likeness (QED) is 0.457. The van der Waals surface area contributed by atoms with Crippen molar-refractivity contribution in [1.82, 2.24) is 10.4 Å². The fourth-order valence-electron chi connectivity index (χ4n) is 1.64. The van der Waals surface area contributed by atoms with Gasteiger partial charge in [0.05, 0.1) is 5.60 Å². The van der Waals surface area contributed by atoms with Gasteiger partial charge >= 0.3 is 0 Å². The van der Waals surface area contributed by atoms with Gasteiger partial charge in [-0.25, -0.2) is 15.2 Å². The predicted molar refractivity (Wildman–Crippen MR) is 74.4 cm³/mol. The van der Waals surface area contributed by atoms with E-state index in [1.807, 2.05) is 5.43 Å². The van der Waals surface area contributed by atoms with Crippen LogP contribution < -0.4 is 11.3 Å². The SMILES string of the molecule is CC(C)(O)c1ccc(-c2nc(C(=O)NN)cs2)c(F)c1. The van der Waals surface area contributed by atoms with Crippen LogP contribution in [0.5, 0.6) is 0 Å². The van der Waals surface area contributed by atoms with Crippen LogP contribution in [0, 0.1) is 5.82 Å². The van der Waals surface area contributed by atoms with Crippen molar-refractivity contribution < 1.29 is 14.3 Å². The maximum atomic E-state index is 14.1. The highest BCUT2D eigenvalue weighted by molar-refractivity contribution is 7.13. The van der Waals surface area contributed by atoms with Gasteiger partial charge in [-0.2, -0.15) is 0 Å². The number of amides is 1. The molecule has 0 aliphatic heterocycles. The third kappa shape index (κ3) is 2.84. The zero-order chi connectivity index (χ0) is 14.9. The summed E-state index contributed by atoms with van der Waals surface area (Å²) in [6.07, 6.45) is 0. The summed E-state index contributed by atoms with van der Waals surface area (Å²) in [4.78, 5) is 15.3. The first-order valence-electron chi connectivity index (χ1n) is 5.82. The van der Waals surface area contributed by atoms with Crippen molar-refractivity contribution in [1.29, 1.82) is 0 Å². The number of nitrogen functional groups attached to an aromatic ring is 1. The van der Waals surface area contributed by atoms with E-state index >= 15 is 0 Å². The topological polar surface area (TPSA) is 88.2 Å². The van der Waals surface area contributed by atoms with Crippen LogP contribution in [0.1, 0.15) is 29.9 Å². The highest BCUT2D eigenvalue weighted by atomic mass is 32.1. The van der Waals surface area contributed by atoms with Crippen LogP contribution in [0.3, 0.4) is 0 Å². The van der Waals surface area contributed by atoms with Gasteiger partial charge in [-0.05, 0) is 31.5 Å². The minimum absolute atomic E-state index is 0.137. The molecule has 0 spiro atoms. The Balaban J connectivity index is 2.39. The molecule has 0 fully saturated rings. The number of benzene rings is 1. The van der Waals surface area contributed by atoms with Crippen LogP contribution in [0.25, 0.3) is 10.6 Å². The zero-order valence-corrected chi connectivity index (χ0v) is 11.8. The lowest BCUT2D eigenvalue weighted by Crippen LogP contribution is -2.30. The number of nitrogens with two attached hydrogens (primary N) is 1. The summed E-state index contributed by atoms with van der Waals surface area (Å²) in [6.45, 7) is 3.16. The molecule has 1 heterocycles. The number of halogens is 1. The van der Waals surface area contributed by atoms with E-state index in [-0.39, 0.29) is 11.3 Å². The van der Waals surface area contributed by atoms with E-state index in [1.165, 1.54) is 17.5 Å². The van der Waals surface area contributed by atoms with Gasteiger partial charge in [0.25, 0.3) is 5.91 Å². The molecule has 4 N–H and O–H groups in total. The summed E-state index contributed by atoms with van der Waals surface area (Å²) in [6, 6.07) is 4.42. The van der Waals surface area contributed by atoms with E-state index in [0.29, 0.717) is 10.6 Å². The maximum absolute atomic E-state index is 14.1. The second-order valence-corrected chi connectivity index (χ2v) is 5.62. The lowest BCUT2D eigenvalue weighted by atomic mass is 9.97. The minimum atomic E-state index is -1.12. The number of nitrogens with one attached hydrogen (secondary N) is 1. The third-order valence-electron chi connectivity index (χ3n) is 2.77. The van der Waals surface area contributed by atoms with E-state index in [2.05, 4.69) is 4.98 Å². The van der Waals surface area contributed by atoms with Gasteiger partial charge in [-0.3, -0.25) is 10.2 Å². The first-order valence-corrected chi connectivity index (χ1v) is 6.70. The molecule has 1 aromatic carbocycles. The Bertz CT molecular complexity index is 649. The number of aliphatic hydroxyl groups is 1. The van der Waals surface area contributed by atoms with Crippen molar-refractivity contribution in [2.75, 3.05) is 0 Å². The van der Waals surface area contributed by atoms with E-state index in [1.54, 1.807) is 19.9 Å². The average molecular weight is 295 g/mol. The monoisotopic (exact) mass is 295 g/mol. The standard InChI is InChI=1S/C13H14FN3O2S/c1-13(2,19)7-3-4-8(9(14)5-7)12-16-10(6-20-12)11(18)17-15/h3-6,19H,15H2,1-2H3,(H,17,18). The van der Waals surface area contributed by atoms with Crippen LogP contribution in [0.4, 0.5) is 4.39 Å². The van der Waals surface area contributed by atoms with Gasteiger partial charge in [-0.15, -0.1) is 11.3 Å². The van der Waals surface area contributed by atoms with Gasteiger partial charge in [0, 0.05) is 10.9 Å². The third-order valence-corrected chi connectivity index (χ3v) is 3.65. The minimum Gasteiger partial charge on any atom is -0.386 e. The number of hydrogen-bond acceptors (Lipinski definition) is 5. The van der Waals surface area contributed by atoms with Gasteiger partial charge < -0.3 is 5.11 Å². The molecule has 2 aromatic rings. The van der Waals surface area contributed by atoms with E-state index in [4.69, 9.17) is 5.84 Å². The molecule has 0 unspecified atom stereocenters. The van der Waals surface area contributed by atoms with E-state index in [9.17, 15) is 14.3 Å². The van der Waals surface area contributed by atoms with Gasteiger partial charge in [0.1, 0.15) is 16.5 Å². The normalized spacial score (nSPS) is 11.4. The lowest BCUT2D eigenvalue weighted by molar-refractivity contribution is 0.0782. The highest BCUT2D eigenvalue weighted by Crippen LogP contribution is 2.29. The lowest BCUT2D eigenvalue weighted by Gasteiger charge is -2.18. The van der Waals surface area contributed by atoms with Crippen LogP contribution >= 0.6 is 11.3 Å². The number of hydrazine groups is 1. The second kappa shape index (κ2) is 5.28. The fourth-order valence-corrected chi connectivity index (χ4v) is 2.47. The van der Waals surface area contributed by atoms with Crippen molar-refractivity contribution in [3.63, 3.8) is 0 Å². The molecular formula is C13H14FN3O2S. The number of carbonyl (C=O) groups is 1. The molecule has 0 saturated carbocycles. The molecule has 0 aliphatic carbocycles. The summed E-state index contributed by atoms with van der Waals surface area (Å²) >= 11 is 1.14. The molecule has 0 atom stereocenters. The van der Waals surface area contributed by atoms with E-state index < -0.39 is 17.3 Å². The first kappa shape index (κ1) is 14.6. The van der Waals surface area contributed by atoms with Crippen molar-refractivity contribution in [3.8, 4) is 10.6 Å². The molecule has 1 aromatic heterocycles.